The van der Waals surface area contributed by atoms with Crippen LogP contribution >= 0.6 is 11.6 Å². The summed E-state index contributed by atoms with van der Waals surface area (Å²) in [5, 5.41) is 14.7. The summed E-state index contributed by atoms with van der Waals surface area (Å²) in [6, 6.07) is 12.6. The van der Waals surface area contributed by atoms with Crippen molar-refractivity contribution in [3.8, 4) is 5.75 Å². The predicted octanol–water partition coefficient (Wildman–Crippen LogP) is 3.79. The van der Waals surface area contributed by atoms with Gasteiger partial charge in [-0.15, -0.1) is 0 Å². The van der Waals surface area contributed by atoms with Gasteiger partial charge in [0, 0.05) is 28.6 Å². The Morgan fingerprint density at radius 3 is 2.67 bits per heavy atom. The zero-order chi connectivity index (χ0) is 17.1. The Morgan fingerprint density at radius 2 is 1.92 bits per heavy atom. The molecule has 0 fully saturated rings. The van der Waals surface area contributed by atoms with Crippen LogP contribution < -0.4 is 10.9 Å². The van der Waals surface area contributed by atoms with Crippen molar-refractivity contribution in [2.75, 3.05) is 6.54 Å². The molecule has 0 aliphatic carbocycles. The lowest BCUT2D eigenvalue weighted by atomic mass is 10.1. The fourth-order valence-corrected chi connectivity index (χ4v) is 2.79. The van der Waals surface area contributed by atoms with E-state index in [0.29, 0.717) is 17.7 Å². The van der Waals surface area contributed by atoms with E-state index >= 15 is 0 Å². The Hall–Kier alpha value is -2.30. The first-order chi connectivity index (χ1) is 11.5. The van der Waals surface area contributed by atoms with Crippen molar-refractivity contribution in [2.24, 2.45) is 0 Å². The maximum atomic E-state index is 11.8. The van der Waals surface area contributed by atoms with E-state index in [1.54, 1.807) is 19.1 Å². The molecule has 124 valence electrons. The second-order valence-corrected chi connectivity index (χ2v) is 6.17. The highest BCUT2D eigenvalue weighted by molar-refractivity contribution is 6.30. The van der Waals surface area contributed by atoms with E-state index in [1.165, 1.54) is 11.6 Å². The lowest BCUT2D eigenvalue weighted by Crippen LogP contribution is -2.18. The summed E-state index contributed by atoms with van der Waals surface area (Å²) in [5.74, 6) is 0.124. The fourth-order valence-electron chi connectivity index (χ4n) is 2.67. The van der Waals surface area contributed by atoms with Crippen LogP contribution in [-0.4, -0.2) is 11.7 Å². The molecular formula is C19H18ClNO3. The first-order valence-corrected chi connectivity index (χ1v) is 8.13. The number of phenols is 1. The maximum Gasteiger partial charge on any atom is 0.336 e. The quantitative estimate of drug-likeness (QED) is 0.546. The molecule has 0 atom stereocenters. The molecule has 2 aromatic carbocycles. The molecule has 1 heterocycles. The molecule has 0 radical (unpaired) electrons. The lowest BCUT2D eigenvalue weighted by molar-refractivity contribution is 0.468. The summed E-state index contributed by atoms with van der Waals surface area (Å²) in [5.41, 5.74) is 2.67. The molecule has 0 bridgehead atoms. The average Bonchev–Trinajstić information content (AvgIpc) is 2.57. The van der Waals surface area contributed by atoms with Crippen molar-refractivity contribution in [1.29, 1.82) is 0 Å². The van der Waals surface area contributed by atoms with Crippen LogP contribution in [0.5, 0.6) is 5.75 Å². The smallest absolute Gasteiger partial charge is 0.336 e. The molecule has 0 spiro atoms. The Morgan fingerprint density at radius 1 is 1.17 bits per heavy atom. The van der Waals surface area contributed by atoms with Gasteiger partial charge in [-0.25, -0.2) is 4.79 Å². The van der Waals surface area contributed by atoms with E-state index in [-0.39, 0.29) is 5.75 Å². The molecule has 0 amide bonds. The molecule has 3 rings (SSSR count). The van der Waals surface area contributed by atoms with Gasteiger partial charge in [0.15, 0.2) is 0 Å². The van der Waals surface area contributed by atoms with E-state index in [4.69, 9.17) is 16.0 Å². The van der Waals surface area contributed by atoms with Crippen molar-refractivity contribution >= 4 is 22.6 Å². The molecule has 0 saturated heterocycles. The second kappa shape index (κ2) is 7.07. The molecule has 0 saturated carbocycles. The van der Waals surface area contributed by atoms with Gasteiger partial charge in [-0.1, -0.05) is 23.7 Å². The first kappa shape index (κ1) is 16.6. The minimum Gasteiger partial charge on any atom is -0.508 e. The normalized spacial score (nSPS) is 11.1. The minimum absolute atomic E-state index is 0.124. The van der Waals surface area contributed by atoms with Gasteiger partial charge in [-0.05, 0) is 55.3 Å². The Kier molecular flexibility index (Phi) is 4.88. The Labute approximate surface area is 144 Å². The van der Waals surface area contributed by atoms with Crippen molar-refractivity contribution < 1.29 is 9.52 Å². The van der Waals surface area contributed by atoms with Crippen LogP contribution in [0.4, 0.5) is 0 Å². The van der Waals surface area contributed by atoms with Gasteiger partial charge in [0.25, 0.3) is 0 Å². The van der Waals surface area contributed by atoms with Crippen LogP contribution in [0.3, 0.4) is 0 Å². The molecule has 1 aromatic heterocycles. The molecule has 0 unspecified atom stereocenters. The third kappa shape index (κ3) is 3.61. The molecule has 3 aromatic rings. The summed E-state index contributed by atoms with van der Waals surface area (Å²) in [7, 11) is 0. The number of benzene rings is 2. The minimum atomic E-state index is -0.411. The molecular weight excluding hydrogens is 326 g/mol. The third-order valence-electron chi connectivity index (χ3n) is 4.04. The second-order valence-electron chi connectivity index (χ2n) is 5.73. The monoisotopic (exact) mass is 343 g/mol. The van der Waals surface area contributed by atoms with E-state index in [1.807, 2.05) is 24.3 Å². The number of nitrogens with one attached hydrogen (secondary N) is 1. The number of halogens is 1. The third-order valence-corrected chi connectivity index (χ3v) is 4.29. The fraction of sp³-hybridized carbons (Fsp3) is 0.211. The zero-order valence-electron chi connectivity index (χ0n) is 13.3. The maximum absolute atomic E-state index is 11.8. The van der Waals surface area contributed by atoms with Crippen LogP contribution in [-0.2, 0) is 13.0 Å². The van der Waals surface area contributed by atoms with Crippen LogP contribution in [0.1, 0.15) is 16.7 Å². The average molecular weight is 344 g/mol. The van der Waals surface area contributed by atoms with Crippen molar-refractivity contribution in [3.63, 3.8) is 0 Å². The molecule has 0 aliphatic rings. The van der Waals surface area contributed by atoms with Crippen LogP contribution in [0, 0.1) is 6.92 Å². The van der Waals surface area contributed by atoms with E-state index in [0.717, 1.165) is 28.9 Å². The van der Waals surface area contributed by atoms with Crippen molar-refractivity contribution in [1.82, 2.24) is 5.32 Å². The first-order valence-electron chi connectivity index (χ1n) is 7.75. The molecule has 0 aliphatic heterocycles. The van der Waals surface area contributed by atoms with Gasteiger partial charge >= 0.3 is 5.63 Å². The summed E-state index contributed by atoms with van der Waals surface area (Å²) in [6.07, 6.45) is 0.871. The highest BCUT2D eigenvalue weighted by Crippen LogP contribution is 2.27. The topological polar surface area (TPSA) is 62.5 Å². The van der Waals surface area contributed by atoms with Gasteiger partial charge < -0.3 is 14.8 Å². The highest BCUT2D eigenvalue weighted by atomic mass is 35.5. The lowest BCUT2D eigenvalue weighted by Gasteiger charge is -2.09. The van der Waals surface area contributed by atoms with E-state index < -0.39 is 5.63 Å². The Balaban J connectivity index is 1.72. The SMILES string of the molecule is Cc1c(O)ccc2c(CNCCc3ccc(Cl)cc3)cc(=O)oc12. The number of aryl methyl sites for hydroxylation is 1. The largest absolute Gasteiger partial charge is 0.508 e. The van der Waals surface area contributed by atoms with Gasteiger partial charge in [0.05, 0.1) is 0 Å². The van der Waals surface area contributed by atoms with Gasteiger partial charge in [0.1, 0.15) is 11.3 Å². The molecule has 4 nitrogen and oxygen atoms in total. The van der Waals surface area contributed by atoms with Crippen molar-refractivity contribution in [2.45, 2.75) is 19.9 Å². The van der Waals surface area contributed by atoms with E-state index in [2.05, 4.69) is 5.32 Å². The van der Waals surface area contributed by atoms with Crippen LogP contribution in [0.2, 0.25) is 5.02 Å². The number of phenolic OH excluding ortho intramolecular Hbond substituents is 1. The number of hydrogen-bond donors (Lipinski definition) is 2. The zero-order valence-corrected chi connectivity index (χ0v) is 14.1. The number of fused-ring (bicyclic) bond motifs is 1. The van der Waals surface area contributed by atoms with Gasteiger partial charge in [0.2, 0.25) is 0 Å². The molecule has 2 N–H and O–H groups in total. The predicted molar refractivity (Wildman–Crippen MR) is 95.7 cm³/mol. The van der Waals surface area contributed by atoms with Crippen molar-refractivity contribution in [3.05, 3.63) is 74.6 Å². The van der Waals surface area contributed by atoms with Gasteiger partial charge in [-0.3, -0.25) is 0 Å². The van der Waals surface area contributed by atoms with E-state index in [9.17, 15) is 9.90 Å². The number of aromatic hydroxyl groups is 1. The Bertz CT molecular complexity index is 916. The number of rotatable bonds is 5. The summed E-state index contributed by atoms with van der Waals surface area (Å²) in [4.78, 5) is 11.8. The summed E-state index contributed by atoms with van der Waals surface area (Å²) in [6.45, 7) is 3.07. The van der Waals surface area contributed by atoms with Gasteiger partial charge in [-0.2, -0.15) is 0 Å². The standard InChI is InChI=1S/C19H18ClNO3/c1-12-17(22)7-6-16-14(10-18(23)24-19(12)16)11-21-9-8-13-2-4-15(20)5-3-13/h2-7,10,21-22H,8-9,11H2,1H3. The molecule has 5 heteroatoms. The van der Waals surface area contributed by atoms with Crippen LogP contribution in [0.25, 0.3) is 11.0 Å². The van der Waals surface area contributed by atoms with Crippen LogP contribution in [0.15, 0.2) is 51.7 Å². The molecule has 24 heavy (non-hydrogen) atoms. The summed E-state index contributed by atoms with van der Waals surface area (Å²) >= 11 is 5.88. The number of hydrogen-bond acceptors (Lipinski definition) is 4. The summed E-state index contributed by atoms with van der Waals surface area (Å²) < 4.78 is 5.24. The highest BCUT2D eigenvalue weighted by Gasteiger charge is 2.10.